The predicted octanol–water partition coefficient (Wildman–Crippen LogP) is 2.59. The molecule has 3 rings (SSSR count). The number of piperidine rings is 1. The van der Waals surface area contributed by atoms with Crippen LogP contribution in [0.3, 0.4) is 0 Å². The quantitative estimate of drug-likeness (QED) is 0.861. The molecule has 0 amide bonds. The zero-order chi connectivity index (χ0) is 13.8. The molecule has 2 aromatic rings. The van der Waals surface area contributed by atoms with Crippen LogP contribution >= 0.6 is 15.9 Å². The minimum absolute atomic E-state index is 0.691. The Balaban J connectivity index is 1.60. The van der Waals surface area contributed by atoms with Crippen LogP contribution in [0.15, 0.2) is 28.7 Å². The van der Waals surface area contributed by atoms with Crippen molar-refractivity contribution in [2.75, 3.05) is 19.6 Å². The summed E-state index contributed by atoms with van der Waals surface area (Å²) < 4.78 is 1.05. The summed E-state index contributed by atoms with van der Waals surface area (Å²) in [4.78, 5) is 4.18. The van der Waals surface area contributed by atoms with E-state index in [-0.39, 0.29) is 0 Å². The lowest BCUT2D eigenvalue weighted by Crippen LogP contribution is -2.33. The maximum absolute atomic E-state index is 4.45. The van der Waals surface area contributed by atoms with Crippen LogP contribution in [-0.2, 0) is 6.54 Å². The van der Waals surface area contributed by atoms with E-state index in [1.165, 1.54) is 32.4 Å². The molecule has 1 fully saturated rings. The van der Waals surface area contributed by atoms with Crippen LogP contribution in [0.25, 0.3) is 11.4 Å². The Kier molecular flexibility index (Phi) is 4.42. The van der Waals surface area contributed by atoms with Gasteiger partial charge in [-0.1, -0.05) is 22.4 Å². The van der Waals surface area contributed by atoms with Crippen molar-refractivity contribution in [3.05, 3.63) is 28.7 Å². The highest BCUT2D eigenvalue weighted by Gasteiger charge is 2.11. The second kappa shape index (κ2) is 6.45. The molecule has 2 heterocycles. The molecule has 0 unspecified atom stereocenters. The van der Waals surface area contributed by atoms with E-state index in [0.29, 0.717) is 5.82 Å². The maximum atomic E-state index is 4.45. The summed E-state index contributed by atoms with van der Waals surface area (Å²) in [6.07, 6.45) is 4.00. The molecule has 0 bridgehead atoms. The third-order valence-electron chi connectivity index (χ3n) is 3.62. The molecule has 106 valence electrons. The second-order valence-corrected chi connectivity index (χ2v) is 6.03. The van der Waals surface area contributed by atoms with Crippen molar-refractivity contribution in [1.82, 2.24) is 25.1 Å². The average Bonchev–Trinajstić information content (AvgIpc) is 2.96. The topological polar surface area (TPSA) is 46.8 Å². The first-order valence-corrected chi connectivity index (χ1v) is 7.87. The van der Waals surface area contributed by atoms with E-state index in [2.05, 4.69) is 36.2 Å². The summed E-state index contributed by atoms with van der Waals surface area (Å²) in [6, 6.07) is 7.97. The Morgan fingerprint density at radius 3 is 2.50 bits per heavy atom. The van der Waals surface area contributed by atoms with Gasteiger partial charge in [-0.25, -0.2) is 0 Å². The van der Waals surface area contributed by atoms with Gasteiger partial charge < -0.3 is 4.90 Å². The van der Waals surface area contributed by atoms with E-state index in [4.69, 9.17) is 0 Å². The Hall–Kier alpha value is -1.27. The molecule has 6 heteroatoms. The largest absolute Gasteiger partial charge is 0.301 e. The lowest BCUT2D eigenvalue weighted by molar-refractivity contribution is 0.213. The van der Waals surface area contributed by atoms with E-state index in [1.807, 2.05) is 24.3 Å². The fourth-order valence-corrected chi connectivity index (χ4v) is 2.73. The van der Waals surface area contributed by atoms with Crippen molar-refractivity contribution in [2.45, 2.75) is 25.8 Å². The Labute approximate surface area is 127 Å². The molecule has 0 N–H and O–H groups in total. The summed E-state index contributed by atoms with van der Waals surface area (Å²) in [5.74, 6) is 0.691. The molecule has 5 nitrogen and oxygen atoms in total. The number of tetrazole rings is 1. The predicted molar refractivity (Wildman–Crippen MR) is 81.2 cm³/mol. The first-order valence-electron chi connectivity index (χ1n) is 7.07. The fraction of sp³-hybridized carbons (Fsp3) is 0.500. The molecule has 1 aromatic carbocycles. The van der Waals surface area contributed by atoms with E-state index in [1.54, 1.807) is 4.80 Å². The minimum Gasteiger partial charge on any atom is -0.301 e. The highest BCUT2D eigenvalue weighted by molar-refractivity contribution is 9.10. The molecule has 1 saturated heterocycles. The number of rotatable bonds is 4. The van der Waals surface area contributed by atoms with Gasteiger partial charge >= 0.3 is 0 Å². The zero-order valence-corrected chi connectivity index (χ0v) is 13.0. The number of halogens is 1. The third-order valence-corrected chi connectivity index (χ3v) is 4.15. The monoisotopic (exact) mass is 335 g/mol. The van der Waals surface area contributed by atoms with Crippen LogP contribution in [0, 0.1) is 0 Å². The van der Waals surface area contributed by atoms with Gasteiger partial charge in [-0.3, -0.25) is 0 Å². The van der Waals surface area contributed by atoms with Crippen molar-refractivity contribution in [3.63, 3.8) is 0 Å². The van der Waals surface area contributed by atoms with Crippen LogP contribution in [0.5, 0.6) is 0 Å². The summed E-state index contributed by atoms with van der Waals surface area (Å²) in [6.45, 7) is 4.22. The molecule has 0 atom stereocenters. The maximum Gasteiger partial charge on any atom is 0.204 e. The van der Waals surface area contributed by atoms with Gasteiger partial charge in [0.1, 0.15) is 0 Å². The minimum atomic E-state index is 0.691. The van der Waals surface area contributed by atoms with E-state index in [0.717, 1.165) is 23.1 Å². The number of nitrogens with zero attached hydrogens (tertiary/aromatic N) is 5. The van der Waals surface area contributed by atoms with E-state index < -0.39 is 0 Å². The number of benzene rings is 1. The number of likely N-dealkylation sites (tertiary alicyclic amines) is 1. The van der Waals surface area contributed by atoms with Crippen LogP contribution in [0.2, 0.25) is 0 Å². The molecule has 0 aliphatic carbocycles. The van der Waals surface area contributed by atoms with Crippen LogP contribution in [-0.4, -0.2) is 44.7 Å². The van der Waals surface area contributed by atoms with Gasteiger partial charge in [-0.2, -0.15) is 4.80 Å². The highest BCUT2D eigenvalue weighted by atomic mass is 79.9. The molecule has 0 saturated carbocycles. The van der Waals surface area contributed by atoms with Gasteiger partial charge in [0, 0.05) is 16.6 Å². The Morgan fingerprint density at radius 1 is 1.00 bits per heavy atom. The molecule has 0 radical (unpaired) electrons. The van der Waals surface area contributed by atoms with Crippen LogP contribution < -0.4 is 0 Å². The summed E-state index contributed by atoms with van der Waals surface area (Å²) in [5, 5.41) is 12.7. The number of hydrogen-bond donors (Lipinski definition) is 0. The number of hydrogen-bond acceptors (Lipinski definition) is 4. The normalized spacial score (nSPS) is 16.4. The lowest BCUT2D eigenvalue weighted by Gasteiger charge is -2.25. The standard InChI is InChI=1S/C14H18BrN5/c15-13-6-4-12(5-7-13)14-16-18-20(17-14)11-10-19-8-2-1-3-9-19/h4-7H,1-3,8-11H2. The number of aromatic nitrogens is 4. The zero-order valence-electron chi connectivity index (χ0n) is 11.4. The molecular formula is C14H18BrN5. The van der Waals surface area contributed by atoms with Crippen molar-refractivity contribution in [1.29, 1.82) is 0 Å². The van der Waals surface area contributed by atoms with Crippen molar-refractivity contribution >= 4 is 15.9 Å². The lowest BCUT2D eigenvalue weighted by atomic mass is 10.1. The second-order valence-electron chi connectivity index (χ2n) is 5.12. The Bertz CT molecular complexity index is 545. The van der Waals surface area contributed by atoms with Crippen LogP contribution in [0.4, 0.5) is 0 Å². The average molecular weight is 336 g/mol. The van der Waals surface area contributed by atoms with Crippen molar-refractivity contribution < 1.29 is 0 Å². The SMILES string of the molecule is Brc1ccc(-c2nnn(CCN3CCCCC3)n2)cc1. The molecule has 1 aliphatic heterocycles. The van der Waals surface area contributed by atoms with Gasteiger partial charge in [0.25, 0.3) is 0 Å². The van der Waals surface area contributed by atoms with Gasteiger partial charge in [-0.15, -0.1) is 10.2 Å². The van der Waals surface area contributed by atoms with Gasteiger partial charge in [0.2, 0.25) is 5.82 Å². The summed E-state index contributed by atoms with van der Waals surface area (Å²) >= 11 is 3.42. The molecule has 1 aromatic heterocycles. The van der Waals surface area contributed by atoms with Gasteiger partial charge in [-0.05, 0) is 55.4 Å². The highest BCUT2D eigenvalue weighted by Crippen LogP contribution is 2.17. The van der Waals surface area contributed by atoms with Crippen molar-refractivity contribution in [3.8, 4) is 11.4 Å². The third kappa shape index (κ3) is 3.43. The van der Waals surface area contributed by atoms with E-state index >= 15 is 0 Å². The smallest absolute Gasteiger partial charge is 0.204 e. The summed E-state index contributed by atoms with van der Waals surface area (Å²) in [5.41, 5.74) is 0.998. The van der Waals surface area contributed by atoms with Crippen LogP contribution in [0.1, 0.15) is 19.3 Å². The first-order chi connectivity index (χ1) is 9.81. The molecule has 1 aliphatic rings. The molecular weight excluding hydrogens is 318 g/mol. The summed E-state index contributed by atoms with van der Waals surface area (Å²) in [7, 11) is 0. The fourth-order valence-electron chi connectivity index (χ4n) is 2.47. The molecule has 20 heavy (non-hydrogen) atoms. The molecule has 0 spiro atoms. The first kappa shape index (κ1) is 13.7. The van der Waals surface area contributed by atoms with Gasteiger partial charge in [0.15, 0.2) is 0 Å². The van der Waals surface area contributed by atoms with Crippen molar-refractivity contribution in [2.24, 2.45) is 0 Å². The van der Waals surface area contributed by atoms with E-state index in [9.17, 15) is 0 Å². The van der Waals surface area contributed by atoms with Gasteiger partial charge in [0.05, 0.1) is 6.54 Å². The Morgan fingerprint density at radius 2 is 1.75 bits per heavy atom.